The molecule has 1 aromatic carbocycles. The minimum Gasteiger partial charge on any atom is -0.374 e. The summed E-state index contributed by atoms with van der Waals surface area (Å²) < 4.78 is 0. The lowest BCUT2D eigenvalue weighted by molar-refractivity contribution is 0.381. The molecule has 2 rings (SSSR count). The minimum atomic E-state index is 0.809. The molecule has 0 aromatic heterocycles. The van der Waals surface area contributed by atoms with Crippen molar-refractivity contribution in [2.75, 3.05) is 31.6 Å². The fraction of sp³-hybridized carbons (Fsp3) is 0.538. The Morgan fingerprint density at radius 2 is 2.13 bits per heavy atom. The van der Waals surface area contributed by atoms with Gasteiger partial charge in [-0.2, -0.15) is 0 Å². The van der Waals surface area contributed by atoms with Gasteiger partial charge in [0.15, 0.2) is 0 Å². The molecule has 1 unspecified atom stereocenters. The maximum absolute atomic E-state index is 3.46. The number of hydrogen-bond acceptors (Lipinski definition) is 2. The van der Waals surface area contributed by atoms with E-state index >= 15 is 0 Å². The Kier molecular flexibility index (Phi) is 3.62. The van der Waals surface area contributed by atoms with Gasteiger partial charge in [0.1, 0.15) is 0 Å². The van der Waals surface area contributed by atoms with Gasteiger partial charge in [0.25, 0.3) is 0 Å². The first-order valence-electron chi connectivity index (χ1n) is 5.83. The summed E-state index contributed by atoms with van der Waals surface area (Å²) in [4.78, 5) is 2.36. The van der Waals surface area contributed by atoms with Crippen molar-refractivity contribution in [1.82, 2.24) is 5.32 Å². The van der Waals surface area contributed by atoms with Crippen molar-refractivity contribution in [2.45, 2.75) is 12.8 Å². The van der Waals surface area contributed by atoms with Crippen LogP contribution in [0.5, 0.6) is 0 Å². The van der Waals surface area contributed by atoms with Crippen molar-refractivity contribution in [1.29, 1.82) is 0 Å². The predicted octanol–water partition coefficient (Wildman–Crippen LogP) is 2.12. The number of nitrogens with zero attached hydrogens (tertiary/aromatic N) is 1. The van der Waals surface area contributed by atoms with Gasteiger partial charge < -0.3 is 10.2 Å². The Morgan fingerprint density at radius 3 is 2.80 bits per heavy atom. The molecular formula is C13H20N2. The number of anilines is 1. The summed E-state index contributed by atoms with van der Waals surface area (Å²) >= 11 is 0. The van der Waals surface area contributed by atoms with Crippen molar-refractivity contribution in [3.63, 3.8) is 0 Å². The second-order valence-electron chi connectivity index (χ2n) is 4.43. The Labute approximate surface area is 92.3 Å². The lowest BCUT2D eigenvalue weighted by Gasteiger charge is -2.28. The molecular weight excluding hydrogens is 184 g/mol. The number of para-hydroxylation sites is 1. The highest BCUT2D eigenvalue weighted by Crippen LogP contribution is 2.16. The van der Waals surface area contributed by atoms with Crippen LogP contribution in [-0.4, -0.2) is 26.7 Å². The Hall–Kier alpha value is -1.02. The highest BCUT2D eigenvalue weighted by atomic mass is 15.1. The fourth-order valence-corrected chi connectivity index (χ4v) is 2.26. The molecule has 2 heteroatoms. The molecule has 1 fully saturated rings. The number of piperidine rings is 1. The molecule has 1 aliphatic heterocycles. The maximum Gasteiger partial charge on any atom is 0.0363 e. The molecule has 1 aromatic rings. The van der Waals surface area contributed by atoms with Crippen molar-refractivity contribution >= 4 is 5.69 Å². The van der Waals surface area contributed by atoms with E-state index in [1.807, 2.05) is 0 Å². The number of nitrogens with one attached hydrogen (secondary N) is 1. The van der Waals surface area contributed by atoms with Gasteiger partial charge in [-0.25, -0.2) is 0 Å². The summed E-state index contributed by atoms with van der Waals surface area (Å²) in [6.45, 7) is 3.54. The molecule has 0 spiro atoms. The lowest BCUT2D eigenvalue weighted by atomic mass is 9.99. The van der Waals surface area contributed by atoms with Gasteiger partial charge in [-0.3, -0.25) is 0 Å². The van der Waals surface area contributed by atoms with Crippen molar-refractivity contribution in [2.24, 2.45) is 5.92 Å². The summed E-state index contributed by atoms with van der Waals surface area (Å²) in [5.74, 6) is 0.809. The van der Waals surface area contributed by atoms with Gasteiger partial charge in [0, 0.05) is 19.3 Å². The lowest BCUT2D eigenvalue weighted by Crippen LogP contribution is -2.36. The summed E-state index contributed by atoms with van der Waals surface area (Å²) in [6, 6.07) is 10.6. The summed E-state index contributed by atoms with van der Waals surface area (Å²) in [5, 5.41) is 3.46. The topological polar surface area (TPSA) is 15.3 Å². The van der Waals surface area contributed by atoms with Gasteiger partial charge in [0.05, 0.1) is 0 Å². The van der Waals surface area contributed by atoms with Gasteiger partial charge in [-0.1, -0.05) is 18.2 Å². The van der Waals surface area contributed by atoms with E-state index in [1.54, 1.807) is 0 Å². The van der Waals surface area contributed by atoms with Crippen LogP contribution in [0.15, 0.2) is 30.3 Å². The third kappa shape index (κ3) is 2.96. The average molecular weight is 204 g/mol. The molecule has 0 radical (unpaired) electrons. The molecule has 0 amide bonds. The van der Waals surface area contributed by atoms with Crippen LogP contribution < -0.4 is 10.2 Å². The van der Waals surface area contributed by atoms with E-state index in [0.717, 1.165) is 12.5 Å². The van der Waals surface area contributed by atoms with Crippen LogP contribution in [0.2, 0.25) is 0 Å². The second-order valence-corrected chi connectivity index (χ2v) is 4.43. The maximum atomic E-state index is 3.46. The van der Waals surface area contributed by atoms with Crippen LogP contribution in [0, 0.1) is 5.92 Å². The standard InChI is InChI=1S/C13H20N2/c1-15(13-7-3-2-4-8-13)11-12-6-5-9-14-10-12/h2-4,7-8,12,14H,5-6,9-11H2,1H3. The third-order valence-corrected chi connectivity index (χ3v) is 3.13. The minimum absolute atomic E-state index is 0.809. The zero-order valence-electron chi connectivity index (χ0n) is 9.45. The molecule has 1 heterocycles. The molecule has 2 nitrogen and oxygen atoms in total. The highest BCUT2D eigenvalue weighted by Gasteiger charge is 2.14. The molecule has 15 heavy (non-hydrogen) atoms. The van der Waals surface area contributed by atoms with Gasteiger partial charge in [0.2, 0.25) is 0 Å². The molecule has 1 aliphatic rings. The first kappa shape index (κ1) is 10.5. The average Bonchev–Trinajstić information content (AvgIpc) is 2.31. The first-order chi connectivity index (χ1) is 7.36. The van der Waals surface area contributed by atoms with Crippen LogP contribution in [-0.2, 0) is 0 Å². The van der Waals surface area contributed by atoms with E-state index in [-0.39, 0.29) is 0 Å². The van der Waals surface area contributed by atoms with E-state index in [0.29, 0.717) is 0 Å². The molecule has 0 bridgehead atoms. The van der Waals surface area contributed by atoms with Crippen LogP contribution >= 0.6 is 0 Å². The summed E-state index contributed by atoms with van der Waals surface area (Å²) in [7, 11) is 2.18. The molecule has 1 atom stereocenters. The second kappa shape index (κ2) is 5.17. The van der Waals surface area contributed by atoms with Crippen LogP contribution in [0.3, 0.4) is 0 Å². The highest BCUT2D eigenvalue weighted by molar-refractivity contribution is 5.44. The molecule has 1 N–H and O–H groups in total. The van der Waals surface area contributed by atoms with Gasteiger partial charge >= 0.3 is 0 Å². The zero-order valence-corrected chi connectivity index (χ0v) is 9.45. The van der Waals surface area contributed by atoms with Crippen LogP contribution in [0.4, 0.5) is 5.69 Å². The van der Waals surface area contributed by atoms with Crippen molar-refractivity contribution < 1.29 is 0 Å². The number of benzene rings is 1. The molecule has 1 saturated heterocycles. The zero-order chi connectivity index (χ0) is 10.5. The summed E-state index contributed by atoms with van der Waals surface area (Å²) in [5.41, 5.74) is 1.32. The molecule has 0 aliphatic carbocycles. The largest absolute Gasteiger partial charge is 0.374 e. The summed E-state index contributed by atoms with van der Waals surface area (Å²) in [6.07, 6.45) is 2.69. The predicted molar refractivity (Wildman–Crippen MR) is 65.3 cm³/mol. The van der Waals surface area contributed by atoms with E-state index in [9.17, 15) is 0 Å². The Bertz CT molecular complexity index is 278. The SMILES string of the molecule is CN(CC1CCCNC1)c1ccccc1. The third-order valence-electron chi connectivity index (χ3n) is 3.13. The normalized spacial score (nSPS) is 21.3. The van der Waals surface area contributed by atoms with E-state index in [1.165, 1.54) is 31.6 Å². The first-order valence-corrected chi connectivity index (χ1v) is 5.83. The molecule has 82 valence electrons. The number of rotatable bonds is 3. The van der Waals surface area contributed by atoms with E-state index in [4.69, 9.17) is 0 Å². The van der Waals surface area contributed by atoms with Gasteiger partial charge in [-0.05, 0) is 44.0 Å². The fourth-order valence-electron chi connectivity index (χ4n) is 2.26. The van der Waals surface area contributed by atoms with Crippen LogP contribution in [0.25, 0.3) is 0 Å². The smallest absolute Gasteiger partial charge is 0.0363 e. The van der Waals surface area contributed by atoms with E-state index in [2.05, 4.69) is 47.6 Å². The molecule has 0 saturated carbocycles. The quantitative estimate of drug-likeness (QED) is 0.811. The monoisotopic (exact) mass is 204 g/mol. The van der Waals surface area contributed by atoms with Crippen molar-refractivity contribution in [3.05, 3.63) is 30.3 Å². The van der Waals surface area contributed by atoms with E-state index < -0.39 is 0 Å². The van der Waals surface area contributed by atoms with Gasteiger partial charge in [-0.15, -0.1) is 0 Å². The Balaban J connectivity index is 1.88. The Morgan fingerprint density at radius 1 is 1.33 bits per heavy atom. The van der Waals surface area contributed by atoms with Crippen LogP contribution in [0.1, 0.15) is 12.8 Å². The van der Waals surface area contributed by atoms with Crippen molar-refractivity contribution in [3.8, 4) is 0 Å². The number of hydrogen-bond donors (Lipinski definition) is 1.